The van der Waals surface area contributed by atoms with Gasteiger partial charge in [-0.1, -0.05) is 6.92 Å². The number of likely N-dealkylation sites (tertiary alicyclic amines) is 1. The third-order valence-corrected chi connectivity index (χ3v) is 3.04. The Kier molecular flexibility index (Phi) is 4.95. The van der Waals surface area contributed by atoms with Crippen LogP contribution in [0.5, 0.6) is 0 Å². The molecule has 18 heavy (non-hydrogen) atoms. The van der Waals surface area contributed by atoms with Gasteiger partial charge in [0.1, 0.15) is 6.54 Å². The number of nitrogens with zero attached hydrogens (tertiary/aromatic N) is 2. The molecule has 6 nitrogen and oxygen atoms in total. The number of carboxylic acids is 1. The first kappa shape index (κ1) is 14.8. The van der Waals surface area contributed by atoms with E-state index in [2.05, 4.69) is 0 Å². The molecule has 1 saturated heterocycles. The first-order valence-corrected chi connectivity index (χ1v) is 6.34. The smallest absolute Gasteiger partial charge is 0.323 e. The van der Waals surface area contributed by atoms with Gasteiger partial charge in [0.25, 0.3) is 0 Å². The van der Waals surface area contributed by atoms with Gasteiger partial charge in [0, 0.05) is 13.1 Å². The summed E-state index contributed by atoms with van der Waals surface area (Å²) < 4.78 is 0. The van der Waals surface area contributed by atoms with E-state index >= 15 is 0 Å². The Morgan fingerprint density at radius 3 is 2.61 bits per heavy atom. The highest BCUT2D eigenvalue weighted by atomic mass is 16.4. The van der Waals surface area contributed by atoms with E-state index < -0.39 is 11.6 Å². The molecule has 1 rings (SSSR count). The van der Waals surface area contributed by atoms with Crippen molar-refractivity contribution in [2.45, 2.75) is 38.7 Å². The maximum absolute atomic E-state index is 12.2. The molecule has 0 aromatic carbocycles. The summed E-state index contributed by atoms with van der Waals surface area (Å²) in [4.78, 5) is 25.8. The molecule has 1 unspecified atom stereocenters. The molecule has 1 aliphatic heterocycles. The first-order valence-electron chi connectivity index (χ1n) is 6.34. The molecule has 0 spiro atoms. The Morgan fingerprint density at radius 1 is 1.44 bits per heavy atom. The third-order valence-electron chi connectivity index (χ3n) is 3.04. The number of aliphatic hydroxyl groups is 1. The lowest BCUT2D eigenvalue weighted by atomic mass is 9.95. The van der Waals surface area contributed by atoms with Gasteiger partial charge in [-0.2, -0.15) is 0 Å². The van der Waals surface area contributed by atoms with Gasteiger partial charge in [-0.3, -0.25) is 4.79 Å². The SMILES string of the molecule is CCCN(CC(=O)O)C(=O)N1CCCC(C)(O)C1. The number of amides is 2. The van der Waals surface area contributed by atoms with Gasteiger partial charge in [-0.15, -0.1) is 0 Å². The van der Waals surface area contributed by atoms with Crippen LogP contribution in [0.3, 0.4) is 0 Å². The average Bonchev–Trinajstić information content (AvgIpc) is 2.25. The summed E-state index contributed by atoms with van der Waals surface area (Å²) in [5.41, 5.74) is -0.866. The average molecular weight is 258 g/mol. The van der Waals surface area contributed by atoms with Crippen LogP contribution in [0.1, 0.15) is 33.1 Å². The summed E-state index contributed by atoms with van der Waals surface area (Å²) in [6, 6.07) is -0.292. The largest absolute Gasteiger partial charge is 0.480 e. The van der Waals surface area contributed by atoms with Gasteiger partial charge < -0.3 is 20.0 Å². The van der Waals surface area contributed by atoms with E-state index in [1.54, 1.807) is 11.8 Å². The Hall–Kier alpha value is -1.30. The van der Waals surface area contributed by atoms with E-state index in [0.717, 1.165) is 6.42 Å². The molecule has 0 radical (unpaired) electrons. The summed E-state index contributed by atoms with van der Waals surface area (Å²) in [5, 5.41) is 18.8. The van der Waals surface area contributed by atoms with E-state index in [4.69, 9.17) is 5.11 Å². The van der Waals surface area contributed by atoms with Gasteiger partial charge in [0.15, 0.2) is 0 Å². The predicted octanol–water partition coefficient (Wildman–Crippen LogP) is 0.750. The lowest BCUT2D eigenvalue weighted by Gasteiger charge is -2.39. The molecule has 1 aliphatic rings. The van der Waals surface area contributed by atoms with Crippen LogP contribution in [-0.4, -0.2) is 63.8 Å². The number of carbonyl (C=O) groups excluding carboxylic acids is 1. The lowest BCUT2D eigenvalue weighted by molar-refractivity contribution is -0.137. The Labute approximate surface area is 107 Å². The number of urea groups is 1. The van der Waals surface area contributed by atoms with Crippen molar-refractivity contribution in [3.63, 3.8) is 0 Å². The summed E-state index contributed by atoms with van der Waals surface area (Å²) in [7, 11) is 0. The van der Waals surface area contributed by atoms with Gasteiger partial charge in [-0.05, 0) is 26.2 Å². The van der Waals surface area contributed by atoms with Crippen LogP contribution in [-0.2, 0) is 4.79 Å². The fourth-order valence-electron chi connectivity index (χ4n) is 2.26. The normalized spacial score (nSPS) is 23.8. The first-order chi connectivity index (χ1) is 8.35. The highest BCUT2D eigenvalue weighted by molar-refractivity contribution is 5.80. The molecule has 0 aromatic rings. The number of β-amino-alcohol motifs (C(OH)–C–C–N with tert-alkyl or cyclic N) is 1. The zero-order chi connectivity index (χ0) is 13.8. The number of hydrogen-bond acceptors (Lipinski definition) is 3. The van der Waals surface area contributed by atoms with E-state index in [-0.39, 0.29) is 19.1 Å². The van der Waals surface area contributed by atoms with Crippen LogP contribution < -0.4 is 0 Å². The Morgan fingerprint density at radius 2 is 2.11 bits per heavy atom. The maximum atomic E-state index is 12.2. The molecule has 1 fully saturated rings. The van der Waals surface area contributed by atoms with Crippen molar-refractivity contribution >= 4 is 12.0 Å². The van der Waals surface area contributed by atoms with Crippen LogP contribution in [0, 0.1) is 0 Å². The predicted molar refractivity (Wildman–Crippen MR) is 66.3 cm³/mol. The summed E-state index contributed by atoms with van der Waals surface area (Å²) in [6.07, 6.45) is 2.12. The van der Waals surface area contributed by atoms with Crippen molar-refractivity contribution in [3.05, 3.63) is 0 Å². The zero-order valence-electron chi connectivity index (χ0n) is 11.1. The van der Waals surface area contributed by atoms with Crippen LogP contribution in [0.4, 0.5) is 4.79 Å². The molecule has 1 heterocycles. The van der Waals surface area contributed by atoms with Gasteiger partial charge in [0.2, 0.25) is 0 Å². The molecular formula is C12H22N2O4. The molecule has 0 aliphatic carbocycles. The summed E-state index contributed by atoms with van der Waals surface area (Å²) >= 11 is 0. The number of carbonyl (C=O) groups is 2. The van der Waals surface area contributed by atoms with E-state index in [1.165, 1.54) is 4.90 Å². The van der Waals surface area contributed by atoms with Crippen LogP contribution in [0.25, 0.3) is 0 Å². The third kappa shape index (κ3) is 4.18. The second-order valence-electron chi connectivity index (χ2n) is 5.12. The highest BCUT2D eigenvalue weighted by Crippen LogP contribution is 2.21. The van der Waals surface area contributed by atoms with Gasteiger partial charge in [0.05, 0.1) is 12.1 Å². The van der Waals surface area contributed by atoms with Crippen LogP contribution in [0.15, 0.2) is 0 Å². The number of aliphatic carboxylic acids is 1. The Balaban J connectivity index is 2.66. The van der Waals surface area contributed by atoms with Crippen molar-refractivity contribution in [1.82, 2.24) is 9.80 Å². The minimum atomic E-state index is -1.01. The Bertz CT molecular complexity index is 317. The highest BCUT2D eigenvalue weighted by Gasteiger charge is 2.33. The second-order valence-corrected chi connectivity index (χ2v) is 5.12. The van der Waals surface area contributed by atoms with E-state index in [9.17, 15) is 14.7 Å². The van der Waals surface area contributed by atoms with Gasteiger partial charge in [-0.25, -0.2) is 4.79 Å². The number of piperidine rings is 1. The fourth-order valence-corrected chi connectivity index (χ4v) is 2.26. The summed E-state index contributed by atoms with van der Waals surface area (Å²) in [6.45, 7) is 4.58. The van der Waals surface area contributed by atoms with E-state index in [0.29, 0.717) is 25.9 Å². The lowest BCUT2D eigenvalue weighted by Crippen LogP contribution is -2.53. The number of rotatable bonds is 4. The molecular weight excluding hydrogens is 236 g/mol. The molecule has 104 valence electrons. The zero-order valence-corrected chi connectivity index (χ0v) is 11.1. The molecule has 6 heteroatoms. The molecule has 1 atom stereocenters. The quantitative estimate of drug-likeness (QED) is 0.779. The van der Waals surface area contributed by atoms with E-state index in [1.807, 2.05) is 6.92 Å². The second kappa shape index (κ2) is 6.04. The minimum Gasteiger partial charge on any atom is -0.480 e. The van der Waals surface area contributed by atoms with Crippen LogP contribution in [0.2, 0.25) is 0 Å². The molecule has 2 amide bonds. The fraction of sp³-hybridized carbons (Fsp3) is 0.833. The molecule has 0 aromatic heterocycles. The minimum absolute atomic E-state index is 0.270. The maximum Gasteiger partial charge on any atom is 0.323 e. The topological polar surface area (TPSA) is 81.1 Å². The molecule has 0 bridgehead atoms. The molecule has 0 saturated carbocycles. The van der Waals surface area contributed by atoms with Crippen LogP contribution >= 0.6 is 0 Å². The van der Waals surface area contributed by atoms with Crippen molar-refractivity contribution in [3.8, 4) is 0 Å². The standard InChI is InChI=1S/C12H22N2O4/c1-3-6-13(8-10(15)16)11(17)14-7-4-5-12(2,18)9-14/h18H,3-9H2,1-2H3,(H,15,16). The van der Waals surface area contributed by atoms with Crippen molar-refractivity contribution in [2.75, 3.05) is 26.2 Å². The number of carboxylic acid groups (broad SMARTS) is 1. The van der Waals surface area contributed by atoms with Crippen molar-refractivity contribution in [2.24, 2.45) is 0 Å². The number of hydrogen-bond donors (Lipinski definition) is 2. The molecule has 2 N–H and O–H groups in total. The van der Waals surface area contributed by atoms with Gasteiger partial charge >= 0.3 is 12.0 Å². The van der Waals surface area contributed by atoms with Crippen molar-refractivity contribution < 1.29 is 19.8 Å². The monoisotopic (exact) mass is 258 g/mol. The summed E-state index contributed by atoms with van der Waals surface area (Å²) in [5.74, 6) is -1.01. The van der Waals surface area contributed by atoms with Crippen molar-refractivity contribution in [1.29, 1.82) is 0 Å².